The first-order valence-electron chi connectivity index (χ1n) is 6.04. The van der Waals surface area contributed by atoms with Crippen molar-refractivity contribution < 1.29 is 9.53 Å². The number of amides is 1. The number of carbonyl (C=O) groups is 1. The fourth-order valence-corrected chi connectivity index (χ4v) is 1.78. The molecule has 3 N–H and O–H groups in total. The molecule has 0 fully saturated rings. The Balaban J connectivity index is 2.47. The minimum atomic E-state index is -0.142. The molecular formula is C13H19ClN2O2. The summed E-state index contributed by atoms with van der Waals surface area (Å²) in [5.74, 6) is 0.321. The highest BCUT2D eigenvalue weighted by atomic mass is 35.5. The molecule has 0 saturated heterocycles. The molecule has 1 aromatic rings. The molecular weight excluding hydrogens is 252 g/mol. The Labute approximate surface area is 112 Å². The van der Waals surface area contributed by atoms with E-state index in [1.54, 1.807) is 18.2 Å². The Hall–Kier alpha value is -1.42. The molecule has 0 atom stereocenters. The number of nitrogens with two attached hydrogens (primary N) is 1. The van der Waals surface area contributed by atoms with Crippen LogP contribution in [-0.2, 0) is 4.79 Å². The van der Waals surface area contributed by atoms with Crippen molar-refractivity contribution in [1.82, 2.24) is 5.32 Å². The molecule has 5 heteroatoms. The van der Waals surface area contributed by atoms with Crippen LogP contribution in [0.15, 0.2) is 18.2 Å². The van der Waals surface area contributed by atoms with Gasteiger partial charge in [-0.05, 0) is 31.0 Å². The van der Waals surface area contributed by atoms with Crippen molar-refractivity contribution in [2.45, 2.75) is 32.7 Å². The van der Waals surface area contributed by atoms with Gasteiger partial charge in [0.05, 0.1) is 5.02 Å². The average Bonchev–Trinajstić information content (AvgIpc) is 2.35. The van der Waals surface area contributed by atoms with Crippen molar-refractivity contribution in [2.75, 3.05) is 12.3 Å². The normalized spacial score (nSPS) is 10.4. The number of anilines is 1. The Morgan fingerprint density at radius 2 is 2.11 bits per heavy atom. The van der Waals surface area contributed by atoms with E-state index in [-0.39, 0.29) is 18.6 Å². The molecule has 0 aliphatic carbocycles. The lowest BCUT2D eigenvalue weighted by atomic mass is 10.2. The molecule has 0 aliphatic rings. The van der Waals surface area contributed by atoms with Crippen molar-refractivity contribution in [3.8, 4) is 5.75 Å². The van der Waals surface area contributed by atoms with Gasteiger partial charge in [-0.2, -0.15) is 0 Å². The average molecular weight is 271 g/mol. The highest BCUT2D eigenvalue weighted by Gasteiger charge is 2.10. The Bertz CT molecular complexity index is 406. The van der Waals surface area contributed by atoms with Gasteiger partial charge in [-0.3, -0.25) is 4.79 Å². The maximum Gasteiger partial charge on any atom is 0.258 e. The van der Waals surface area contributed by atoms with E-state index >= 15 is 0 Å². The van der Waals surface area contributed by atoms with Gasteiger partial charge in [-0.1, -0.05) is 25.4 Å². The molecule has 0 bridgehead atoms. The largest absolute Gasteiger partial charge is 0.482 e. The Morgan fingerprint density at radius 1 is 1.44 bits per heavy atom. The molecule has 1 aromatic carbocycles. The molecule has 0 heterocycles. The summed E-state index contributed by atoms with van der Waals surface area (Å²) in [4.78, 5) is 11.6. The SMILES string of the molecule is CCC(CC)NC(=O)COc1ccc(N)cc1Cl. The third-order valence-corrected chi connectivity index (χ3v) is 2.96. The van der Waals surface area contributed by atoms with Gasteiger partial charge < -0.3 is 15.8 Å². The summed E-state index contributed by atoms with van der Waals surface area (Å²) in [7, 11) is 0. The number of hydrogen-bond acceptors (Lipinski definition) is 3. The number of nitrogens with one attached hydrogen (secondary N) is 1. The van der Waals surface area contributed by atoms with E-state index in [2.05, 4.69) is 5.32 Å². The number of benzene rings is 1. The number of nitrogen functional groups attached to an aromatic ring is 1. The van der Waals surface area contributed by atoms with Crippen LogP contribution < -0.4 is 15.8 Å². The van der Waals surface area contributed by atoms with Crippen LogP contribution >= 0.6 is 11.6 Å². The van der Waals surface area contributed by atoms with Crippen LogP contribution in [0, 0.1) is 0 Å². The van der Waals surface area contributed by atoms with Crippen LogP contribution in [-0.4, -0.2) is 18.6 Å². The molecule has 0 spiro atoms. The Kier molecular flexibility index (Phi) is 5.78. The molecule has 0 aliphatic heterocycles. The van der Waals surface area contributed by atoms with Crippen molar-refractivity contribution in [2.24, 2.45) is 0 Å². The first-order chi connectivity index (χ1) is 8.56. The summed E-state index contributed by atoms with van der Waals surface area (Å²) < 4.78 is 5.34. The summed E-state index contributed by atoms with van der Waals surface area (Å²) in [5.41, 5.74) is 6.13. The lowest BCUT2D eigenvalue weighted by molar-refractivity contribution is -0.123. The number of ether oxygens (including phenoxy) is 1. The van der Waals surface area contributed by atoms with Gasteiger partial charge >= 0.3 is 0 Å². The van der Waals surface area contributed by atoms with E-state index in [9.17, 15) is 4.79 Å². The number of carbonyl (C=O) groups excluding carboxylic acids is 1. The van der Waals surface area contributed by atoms with Gasteiger partial charge in [-0.25, -0.2) is 0 Å². The van der Waals surface area contributed by atoms with Crippen LogP contribution in [0.3, 0.4) is 0 Å². The topological polar surface area (TPSA) is 64.3 Å². The van der Waals surface area contributed by atoms with E-state index in [1.165, 1.54) is 0 Å². The summed E-state index contributed by atoms with van der Waals surface area (Å²) in [5, 5.41) is 3.29. The van der Waals surface area contributed by atoms with Crippen LogP contribution in [0.1, 0.15) is 26.7 Å². The van der Waals surface area contributed by atoms with E-state index in [1.807, 2.05) is 13.8 Å². The third-order valence-electron chi connectivity index (χ3n) is 2.67. The van der Waals surface area contributed by atoms with E-state index in [0.29, 0.717) is 16.5 Å². The smallest absolute Gasteiger partial charge is 0.258 e. The zero-order valence-electron chi connectivity index (χ0n) is 10.7. The molecule has 18 heavy (non-hydrogen) atoms. The third kappa shape index (κ3) is 4.45. The number of hydrogen-bond donors (Lipinski definition) is 2. The summed E-state index contributed by atoms with van der Waals surface area (Å²) in [6.07, 6.45) is 1.82. The molecule has 0 aromatic heterocycles. The van der Waals surface area contributed by atoms with Crippen LogP contribution in [0.4, 0.5) is 5.69 Å². The molecule has 100 valence electrons. The van der Waals surface area contributed by atoms with Gasteiger partial charge in [-0.15, -0.1) is 0 Å². The van der Waals surface area contributed by atoms with E-state index in [0.717, 1.165) is 12.8 Å². The molecule has 4 nitrogen and oxygen atoms in total. The zero-order chi connectivity index (χ0) is 13.5. The molecule has 0 unspecified atom stereocenters. The van der Waals surface area contributed by atoms with Crippen molar-refractivity contribution in [3.05, 3.63) is 23.2 Å². The van der Waals surface area contributed by atoms with Gasteiger partial charge in [0.25, 0.3) is 5.91 Å². The first kappa shape index (κ1) is 14.6. The molecule has 0 saturated carbocycles. The standard InChI is InChI=1S/C13H19ClN2O2/c1-3-10(4-2)16-13(17)8-18-12-6-5-9(15)7-11(12)14/h5-7,10H,3-4,8,15H2,1-2H3,(H,16,17). The fraction of sp³-hybridized carbons (Fsp3) is 0.462. The molecule has 1 rings (SSSR count). The predicted octanol–water partition coefficient (Wildman–Crippen LogP) is 2.61. The van der Waals surface area contributed by atoms with Gasteiger partial charge in [0.2, 0.25) is 0 Å². The second-order valence-corrected chi connectivity index (χ2v) is 4.47. The lowest BCUT2D eigenvalue weighted by Crippen LogP contribution is -2.37. The van der Waals surface area contributed by atoms with Crippen molar-refractivity contribution in [1.29, 1.82) is 0 Å². The van der Waals surface area contributed by atoms with E-state index in [4.69, 9.17) is 22.1 Å². The van der Waals surface area contributed by atoms with Gasteiger partial charge in [0.1, 0.15) is 5.75 Å². The highest BCUT2D eigenvalue weighted by Crippen LogP contribution is 2.26. The second kappa shape index (κ2) is 7.11. The zero-order valence-corrected chi connectivity index (χ0v) is 11.5. The maximum atomic E-state index is 11.6. The van der Waals surface area contributed by atoms with Gasteiger partial charge in [0.15, 0.2) is 6.61 Å². The monoisotopic (exact) mass is 270 g/mol. The minimum absolute atomic E-state index is 0.0415. The Morgan fingerprint density at radius 3 is 2.67 bits per heavy atom. The van der Waals surface area contributed by atoms with Gasteiger partial charge in [0, 0.05) is 11.7 Å². The van der Waals surface area contributed by atoms with Crippen molar-refractivity contribution in [3.63, 3.8) is 0 Å². The summed E-state index contributed by atoms with van der Waals surface area (Å²) >= 11 is 5.94. The fourth-order valence-electron chi connectivity index (χ4n) is 1.54. The summed E-state index contributed by atoms with van der Waals surface area (Å²) in [6, 6.07) is 5.13. The highest BCUT2D eigenvalue weighted by molar-refractivity contribution is 6.32. The molecule has 0 radical (unpaired) electrons. The quantitative estimate of drug-likeness (QED) is 0.781. The minimum Gasteiger partial charge on any atom is -0.482 e. The van der Waals surface area contributed by atoms with Crippen LogP contribution in [0.5, 0.6) is 5.75 Å². The first-order valence-corrected chi connectivity index (χ1v) is 6.41. The number of halogens is 1. The maximum absolute atomic E-state index is 11.6. The molecule has 1 amide bonds. The number of rotatable bonds is 6. The van der Waals surface area contributed by atoms with Crippen LogP contribution in [0.2, 0.25) is 5.02 Å². The van der Waals surface area contributed by atoms with Crippen molar-refractivity contribution >= 4 is 23.2 Å². The summed E-state index contributed by atoms with van der Waals surface area (Å²) in [6.45, 7) is 4.03. The predicted molar refractivity (Wildman–Crippen MR) is 73.9 cm³/mol. The van der Waals surface area contributed by atoms with E-state index < -0.39 is 0 Å². The second-order valence-electron chi connectivity index (χ2n) is 4.06. The lowest BCUT2D eigenvalue weighted by Gasteiger charge is -2.15. The van der Waals surface area contributed by atoms with Crippen LogP contribution in [0.25, 0.3) is 0 Å².